The zero-order valence-corrected chi connectivity index (χ0v) is 10.2. The molecule has 16 heavy (non-hydrogen) atoms. The Labute approximate surface area is 107 Å². The number of rotatable bonds is 0. The van der Waals surface area contributed by atoms with Crippen LogP contribution >= 0.6 is 24.8 Å². The number of benzene rings is 1. The Morgan fingerprint density at radius 2 is 1.94 bits per heavy atom. The van der Waals surface area contributed by atoms with Crippen LogP contribution in [0.1, 0.15) is 11.1 Å². The van der Waals surface area contributed by atoms with Crippen LogP contribution in [0.5, 0.6) is 0 Å². The molecule has 2 heterocycles. The van der Waals surface area contributed by atoms with E-state index in [1.807, 2.05) is 12.4 Å². The van der Waals surface area contributed by atoms with Gasteiger partial charge < -0.3 is 4.90 Å². The summed E-state index contributed by atoms with van der Waals surface area (Å²) in [5.41, 5.74) is 3.74. The molecule has 1 aromatic rings. The normalized spacial score (nSPS) is 15.2. The number of fused-ring (bicyclic) bond motifs is 3. The van der Waals surface area contributed by atoms with Crippen LogP contribution in [0.3, 0.4) is 0 Å². The van der Waals surface area contributed by atoms with E-state index < -0.39 is 0 Å². The maximum Gasteiger partial charge on any atom is 0.0675 e. The van der Waals surface area contributed by atoms with E-state index in [1.54, 1.807) is 0 Å². The first-order chi connectivity index (χ1) is 6.95. The molecule has 2 aliphatic rings. The van der Waals surface area contributed by atoms with Crippen LogP contribution in [0.15, 0.2) is 41.7 Å². The van der Waals surface area contributed by atoms with Crippen LogP contribution in [-0.2, 0) is 0 Å². The van der Waals surface area contributed by atoms with E-state index >= 15 is 0 Å². The molecule has 0 N–H and O–H groups in total. The van der Waals surface area contributed by atoms with Crippen molar-refractivity contribution in [3.8, 4) is 0 Å². The summed E-state index contributed by atoms with van der Waals surface area (Å²) in [6.45, 7) is 0.872. The first-order valence-corrected chi connectivity index (χ1v) is 4.71. The highest BCUT2D eigenvalue weighted by atomic mass is 35.5. The van der Waals surface area contributed by atoms with Crippen molar-refractivity contribution in [2.75, 3.05) is 6.54 Å². The van der Waals surface area contributed by atoms with Gasteiger partial charge in [-0.1, -0.05) is 24.3 Å². The fourth-order valence-corrected chi connectivity index (χ4v) is 1.84. The van der Waals surface area contributed by atoms with Crippen LogP contribution in [0.2, 0.25) is 0 Å². The highest BCUT2D eigenvalue weighted by Crippen LogP contribution is 2.29. The van der Waals surface area contributed by atoms with Gasteiger partial charge in [-0.3, -0.25) is 4.99 Å². The third kappa shape index (κ3) is 1.99. The number of halogens is 2. The average molecular weight is 255 g/mol. The molecule has 0 aliphatic carbocycles. The van der Waals surface area contributed by atoms with Gasteiger partial charge in [-0.2, -0.15) is 0 Å². The Hall–Kier alpha value is -1.25. The molecular weight excluding hydrogens is 243 g/mol. The zero-order chi connectivity index (χ0) is 9.38. The van der Waals surface area contributed by atoms with Gasteiger partial charge in [0, 0.05) is 18.0 Å². The Morgan fingerprint density at radius 1 is 1.12 bits per heavy atom. The van der Waals surface area contributed by atoms with Gasteiger partial charge in [0.25, 0.3) is 0 Å². The zero-order valence-electron chi connectivity index (χ0n) is 8.54. The number of nitrogens with zero attached hydrogens (tertiary/aromatic N) is 2. The topological polar surface area (TPSA) is 15.6 Å². The third-order valence-corrected chi connectivity index (χ3v) is 2.56. The summed E-state index contributed by atoms with van der Waals surface area (Å²) in [4.78, 5) is 6.40. The molecule has 2 aliphatic heterocycles. The predicted octanol–water partition coefficient (Wildman–Crippen LogP) is 3.20. The Balaban J connectivity index is 0.000000640. The largest absolute Gasteiger partial charge is 0.341 e. The molecule has 84 valence electrons. The Morgan fingerprint density at radius 3 is 2.81 bits per heavy atom. The molecule has 0 bridgehead atoms. The van der Waals surface area contributed by atoms with E-state index in [0.717, 1.165) is 6.54 Å². The van der Waals surface area contributed by atoms with Gasteiger partial charge in [0.1, 0.15) is 0 Å². The van der Waals surface area contributed by atoms with Crippen molar-refractivity contribution in [3.63, 3.8) is 0 Å². The van der Waals surface area contributed by atoms with E-state index in [0.29, 0.717) is 0 Å². The summed E-state index contributed by atoms with van der Waals surface area (Å²) in [5.74, 6) is 0. The van der Waals surface area contributed by atoms with Crippen molar-refractivity contribution in [2.24, 2.45) is 4.99 Å². The summed E-state index contributed by atoms with van der Waals surface area (Å²) >= 11 is 0. The molecule has 0 fully saturated rings. The van der Waals surface area contributed by atoms with E-state index in [4.69, 9.17) is 0 Å². The molecular formula is C12H12Cl2N2. The first kappa shape index (κ1) is 12.8. The van der Waals surface area contributed by atoms with Crippen molar-refractivity contribution in [3.05, 3.63) is 47.8 Å². The van der Waals surface area contributed by atoms with Crippen LogP contribution < -0.4 is 0 Å². The quantitative estimate of drug-likeness (QED) is 0.695. The van der Waals surface area contributed by atoms with Crippen molar-refractivity contribution in [1.82, 2.24) is 4.90 Å². The van der Waals surface area contributed by atoms with Crippen molar-refractivity contribution < 1.29 is 0 Å². The minimum absolute atomic E-state index is 0. The first-order valence-electron chi connectivity index (χ1n) is 4.71. The Kier molecular flexibility index (Phi) is 4.16. The molecule has 0 atom stereocenters. The standard InChI is InChI=1S/C12H10N2.2ClH/c1-2-4-11-10(3-1)5-7-14-8-6-13-9-12(11)14;;/h1-7,9H,8H2;2*1H. The summed E-state index contributed by atoms with van der Waals surface area (Å²) in [6, 6.07) is 8.39. The lowest BCUT2D eigenvalue weighted by Gasteiger charge is -2.28. The third-order valence-electron chi connectivity index (χ3n) is 2.56. The molecule has 4 heteroatoms. The van der Waals surface area contributed by atoms with Crippen LogP contribution in [-0.4, -0.2) is 17.7 Å². The molecule has 0 saturated heterocycles. The Bertz CT molecular complexity index is 464. The van der Waals surface area contributed by atoms with Crippen molar-refractivity contribution in [2.45, 2.75) is 0 Å². The molecule has 2 nitrogen and oxygen atoms in total. The smallest absolute Gasteiger partial charge is 0.0675 e. The van der Waals surface area contributed by atoms with E-state index in [2.05, 4.69) is 46.4 Å². The lowest BCUT2D eigenvalue weighted by molar-refractivity contribution is 0.607. The highest BCUT2D eigenvalue weighted by Gasteiger charge is 2.16. The van der Waals surface area contributed by atoms with Gasteiger partial charge in [-0.15, -0.1) is 24.8 Å². The lowest BCUT2D eigenvalue weighted by atomic mass is 10.0. The molecule has 0 amide bonds. The fraction of sp³-hybridized carbons (Fsp3) is 0.0833. The van der Waals surface area contributed by atoms with Gasteiger partial charge in [0.2, 0.25) is 0 Å². The summed E-state index contributed by atoms with van der Waals surface area (Å²) in [5, 5.41) is 0. The van der Waals surface area contributed by atoms with Crippen molar-refractivity contribution in [1.29, 1.82) is 0 Å². The fourth-order valence-electron chi connectivity index (χ4n) is 1.84. The average Bonchev–Trinajstić information content (AvgIpc) is 2.29. The lowest BCUT2D eigenvalue weighted by Crippen LogP contribution is -2.22. The van der Waals surface area contributed by atoms with Gasteiger partial charge in [0.05, 0.1) is 18.4 Å². The van der Waals surface area contributed by atoms with E-state index in [1.165, 1.54) is 16.8 Å². The number of hydrogen-bond acceptors (Lipinski definition) is 2. The molecule has 0 radical (unpaired) electrons. The van der Waals surface area contributed by atoms with Gasteiger partial charge in [-0.05, 0) is 11.6 Å². The molecule has 3 rings (SSSR count). The monoisotopic (exact) mass is 254 g/mol. The molecule has 0 unspecified atom stereocenters. The maximum absolute atomic E-state index is 4.20. The maximum atomic E-state index is 4.20. The summed E-state index contributed by atoms with van der Waals surface area (Å²) in [7, 11) is 0. The minimum atomic E-state index is 0. The second-order valence-corrected chi connectivity index (χ2v) is 3.40. The van der Waals surface area contributed by atoms with Crippen molar-refractivity contribution >= 4 is 42.8 Å². The molecule has 0 spiro atoms. The predicted molar refractivity (Wildman–Crippen MR) is 73.1 cm³/mol. The summed E-state index contributed by atoms with van der Waals surface area (Å²) < 4.78 is 0. The molecule has 1 aromatic carbocycles. The van der Waals surface area contributed by atoms with Crippen LogP contribution in [0.25, 0.3) is 11.8 Å². The van der Waals surface area contributed by atoms with Gasteiger partial charge in [-0.25, -0.2) is 0 Å². The molecule has 0 saturated carbocycles. The number of hydrogen-bond donors (Lipinski definition) is 0. The molecule has 0 aromatic heterocycles. The number of aliphatic imine (C=N–C) groups is 1. The second kappa shape index (κ2) is 5.19. The van der Waals surface area contributed by atoms with Gasteiger partial charge in [0.15, 0.2) is 0 Å². The van der Waals surface area contributed by atoms with Crippen LogP contribution in [0.4, 0.5) is 0 Å². The summed E-state index contributed by atoms with van der Waals surface area (Å²) in [6.07, 6.45) is 8.10. The van der Waals surface area contributed by atoms with E-state index in [9.17, 15) is 0 Å². The second-order valence-electron chi connectivity index (χ2n) is 3.40. The SMILES string of the molecule is C1=CN2CC=NC=C2c2ccccc21.Cl.Cl. The van der Waals surface area contributed by atoms with Crippen LogP contribution in [0, 0.1) is 0 Å². The highest BCUT2D eigenvalue weighted by molar-refractivity contribution is 5.85. The minimum Gasteiger partial charge on any atom is -0.341 e. The van der Waals surface area contributed by atoms with E-state index in [-0.39, 0.29) is 24.8 Å². The van der Waals surface area contributed by atoms with Gasteiger partial charge >= 0.3 is 0 Å².